The van der Waals surface area contributed by atoms with Gasteiger partial charge in [-0.3, -0.25) is 15.0 Å². The minimum Gasteiger partial charge on any atom is -0.383 e. The van der Waals surface area contributed by atoms with Crippen LogP contribution in [0.25, 0.3) is 10.9 Å². The zero-order valence-electron chi connectivity index (χ0n) is 25.8. The van der Waals surface area contributed by atoms with E-state index >= 15 is 0 Å². The van der Waals surface area contributed by atoms with E-state index in [1.807, 2.05) is 37.4 Å². The lowest BCUT2D eigenvalue weighted by atomic mass is 9.95. The van der Waals surface area contributed by atoms with Crippen LogP contribution >= 0.6 is 0 Å². The maximum Gasteiger partial charge on any atom is 0.413 e. The molecule has 0 amide bonds. The van der Waals surface area contributed by atoms with Crippen molar-refractivity contribution in [1.82, 2.24) is 31.9 Å². The number of nitrogens with zero attached hydrogens (tertiary/aromatic N) is 5. The Kier molecular flexibility index (Phi) is 7.58. The first-order chi connectivity index (χ1) is 21.8. The molecule has 3 heterocycles. The van der Waals surface area contributed by atoms with Gasteiger partial charge in [-0.1, -0.05) is 32.9 Å². The van der Waals surface area contributed by atoms with Crippen LogP contribution in [0, 0.1) is 35.0 Å². The van der Waals surface area contributed by atoms with Gasteiger partial charge in [-0.05, 0) is 54.5 Å². The summed E-state index contributed by atoms with van der Waals surface area (Å²) in [6.07, 6.45) is 2.01. The predicted octanol–water partition coefficient (Wildman–Crippen LogP) is 5.46. The molecule has 1 aromatic heterocycles. The van der Waals surface area contributed by atoms with Crippen molar-refractivity contribution in [3.63, 3.8) is 0 Å². The Bertz CT molecular complexity index is 1820. The van der Waals surface area contributed by atoms with E-state index in [1.165, 1.54) is 12.4 Å². The molecule has 0 saturated heterocycles. The third-order valence-electron chi connectivity index (χ3n) is 8.34. The molecule has 6 rings (SSSR count). The van der Waals surface area contributed by atoms with Crippen molar-refractivity contribution < 1.29 is 13.2 Å². The Morgan fingerprint density at radius 2 is 1.85 bits per heavy atom. The third kappa shape index (κ3) is 5.57. The monoisotopic (exact) mass is 629 g/mol. The lowest BCUT2D eigenvalue weighted by Crippen LogP contribution is -2.52. The first-order valence-electron chi connectivity index (χ1n) is 14.8. The molecular weight excluding hydrogens is 595 g/mol. The number of hydrazine groups is 4. The summed E-state index contributed by atoms with van der Waals surface area (Å²) in [6.45, 7) is 8.69. The molecule has 0 unspecified atom stereocenters. The van der Waals surface area contributed by atoms with Crippen molar-refractivity contribution in [3.05, 3.63) is 83.1 Å². The van der Waals surface area contributed by atoms with Crippen LogP contribution in [0.2, 0.25) is 0 Å². The lowest BCUT2D eigenvalue weighted by Gasteiger charge is -2.28. The van der Waals surface area contributed by atoms with E-state index in [0.29, 0.717) is 40.1 Å². The van der Waals surface area contributed by atoms with Gasteiger partial charge in [0.1, 0.15) is 12.1 Å². The first kappa shape index (κ1) is 30.8. The summed E-state index contributed by atoms with van der Waals surface area (Å²) in [5.41, 5.74) is 14.6. The van der Waals surface area contributed by atoms with Crippen molar-refractivity contribution in [2.75, 3.05) is 22.2 Å². The number of fused-ring (bicyclic) bond motifs is 1. The lowest BCUT2D eigenvalue weighted by molar-refractivity contribution is -0.195. The van der Waals surface area contributed by atoms with Crippen LogP contribution in [0.1, 0.15) is 61.9 Å². The van der Waals surface area contributed by atoms with Gasteiger partial charge >= 0.3 is 6.18 Å². The molecule has 1 fully saturated rings. The van der Waals surface area contributed by atoms with Crippen molar-refractivity contribution in [1.29, 1.82) is 10.5 Å². The summed E-state index contributed by atoms with van der Waals surface area (Å²) in [5, 5.41) is 30.4. The number of nitriles is 2. The number of aromatic nitrogens is 1. The van der Waals surface area contributed by atoms with E-state index in [9.17, 15) is 23.7 Å². The minimum absolute atomic E-state index is 0.0176. The normalized spacial score (nSPS) is 17.5. The molecular formula is C32H34F3N11. The number of rotatable bonds is 8. The molecule has 2 aliphatic heterocycles. The standard InChI is InChI=1S/C32H34F3N11/c1-19-23(6-5-7-26(19)45-11-10-40-43-45)29(25-17-46(44-42-25)31(8-9-31)32(33,34)35)41-22-12-20(14-36)27-24(13-22)28(21(15-37)16-38-27)39-18-30(2,3)4/h5-7,10-13,16-17,29,40-44H,8-9,18H2,1-4H3,(H,38,39)/t29-/m0/s1. The van der Waals surface area contributed by atoms with E-state index in [1.54, 1.807) is 17.3 Å². The largest absolute Gasteiger partial charge is 0.413 e. The van der Waals surface area contributed by atoms with E-state index < -0.39 is 17.8 Å². The van der Waals surface area contributed by atoms with Gasteiger partial charge < -0.3 is 21.5 Å². The third-order valence-corrected chi connectivity index (χ3v) is 8.34. The molecule has 0 radical (unpaired) electrons. The van der Waals surface area contributed by atoms with Gasteiger partial charge in [-0.25, -0.2) is 0 Å². The van der Waals surface area contributed by atoms with E-state index in [0.717, 1.165) is 21.8 Å². The van der Waals surface area contributed by atoms with E-state index in [2.05, 4.69) is 70.4 Å². The van der Waals surface area contributed by atoms with Gasteiger partial charge in [0.2, 0.25) is 0 Å². The van der Waals surface area contributed by atoms with Crippen LogP contribution in [-0.2, 0) is 0 Å². The van der Waals surface area contributed by atoms with E-state index in [4.69, 9.17) is 0 Å². The molecule has 238 valence electrons. The molecule has 2 aromatic carbocycles. The maximum absolute atomic E-state index is 14.1. The minimum atomic E-state index is -4.42. The second-order valence-corrected chi connectivity index (χ2v) is 12.8. The highest BCUT2D eigenvalue weighted by molar-refractivity contribution is 5.99. The maximum atomic E-state index is 14.1. The Morgan fingerprint density at radius 1 is 1.09 bits per heavy atom. The van der Waals surface area contributed by atoms with Crippen LogP contribution < -0.4 is 37.6 Å². The Balaban J connectivity index is 1.47. The number of benzene rings is 2. The van der Waals surface area contributed by atoms with Crippen molar-refractivity contribution >= 4 is 28.0 Å². The van der Waals surface area contributed by atoms with Crippen LogP contribution in [0.15, 0.2) is 60.8 Å². The Hall–Kier alpha value is -5.18. The first-order valence-corrected chi connectivity index (χ1v) is 14.8. The van der Waals surface area contributed by atoms with Crippen molar-refractivity contribution in [3.8, 4) is 12.1 Å². The van der Waals surface area contributed by atoms with Gasteiger partial charge in [0.15, 0.2) is 5.54 Å². The number of hydrogen-bond acceptors (Lipinski definition) is 11. The van der Waals surface area contributed by atoms with Crippen molar-refractivity contribution in [2.24, 2.45) is 5.41 Å². The van der Waals surface area contributed by atoms with Crippen LogP contribution in [0.4, 0.5) is 30.2 Å². The molecule has 0 spiro atoms. The highest BCUT2D eigenvalue weighted by Gasteiger charge is 2.67. The molecule has 1 atom stereocenters. The quantitative estimate of drug-likeness (QED) is 0.189. The van der Waals surface area contributed by atoms with Gasteiger partial charge in [0.25, 0.3) is 0 Å². The second-order valence-electron chi connectivity index (χ2n) is 12.8. The molecule has 3 aliphatic rings. The SMILES string of the molecule is Cc1c([C@H](Nc2cc(C#N)c3ncc(C#N)c(NCC(C)(C)C)c3c2)C2=CN(C3(C(F)(F)F)CC3)NN2)cccc1N1C=CNN1. The fourth-order valence-corrected chi connectivity index (χ4v) is 5.69. The second kappa shape index (κ2) is 11.3. The molecule has 3 aromatic rings. The molecule has 1 aliphatic carbocycles. The van der Waals surface area contributed by atoms with Crippen LogP contribution in [-0.4, -0.2) is 28.3 Å². The number of hydrogen-bond donors (Lipinski definition) is 6. The Morgan fingerprint density at radius 3 is 2.48 bits per heavy atom. The summed E-state index contributed by atoms with van der Waals surface area (Å²) in [7, 11) is 0. The van der Waals surface area contributed by atoms with Crippen molar-refractivity contribution in [2.45, 2.75) is 58.3 Å². The molecule has 6 N–H and O–H groups in total. The summed E-state index contributed by atoms with van der Waals surface area (Å²) >= 11 is 0. The number of pyridine rings is 1. The number of anilines is 3. The highest BCUT2D eigenvalue weighted by Crippen LogP contribution is 2.54. The summed E-state index contributed by atoms with van der Waals surface area (Å²) < 4.78 is 42.2. The smallest absolute Gasteiger partial charge is 0.383 e. The zero-order chi connectivity index (χ0) is 32.9. The van der Waals surface area contributed by atoms with Gasteiger partial charge in [0, 0.05) is 42.4 Å². The fraction of sp³-hybridized carbons (Fsp3) is 0.344. The fourth-order valence-electron chi connectivity index (χ4n) is 5.69. The van der Waals surface area contributed by atoms with Gasteiger partial charge in [-0.15, -0.1) is 11.1 Å². The topological polar surface area (TPSA) is 139 Å². The molecule has 46 heavy (non-hydrogen) atoms. The Labute approximate surface area is 264 Å². The summed E-state index contributed by atoms with van der Waals surface area (Å²) in [4.78, 5) is 4.44. The molecule has 1 saturated carbocycles. The highest BCUT2D eigenvalue weighted by atomic mass is 19.4. The average Bonchev–Trinajstić information content (AvgIpc) is 3.41. The number of alkyl halides is 3. The summed E-state index contributed by atoms with van der Waals surface area (Å²) in [5.74, 6) is 0. The molecule has 14 heteroatoms. The van der Waals surface area contributed by atoms with Gasteiger partial charge in [0.05, 0.1) is 39.8 Å². The van der Waals surface area contributed by atoms with E-state index in [-0.39, 0.29) is 23.8 Å². The number of halogens is 3. The zero-order valence-corrected chi connectivity index (χ0v) is 25.8. The molecule has 11 nitrogen and oxygen atoms in total. The molecule has 0 bridgehead atoms. The van der Waals surface area contributed by atoms with Crippen LogP contribution in [0.3, 0.4) is 0 Å². The van der Waals surface area contributed by atoms with Gasteiger partial charge in [-0.2, -0.15) is 23.7 Å². The summed E-state index contributed by atoms with van der Waals surface area (Å²) in [6, 6.07) is 12.9. The average molecular weight is 630 g/mol. The van der Waals surface area contributed by atoms with Crippen LogP contribution in [0.5, 0.6) is 0 Å². The number of nitrogens with one attached hydrogen (secondary N) is 6. The predicted molar refractivity (Wildman–Crippen MR) is 169 cm³/mol.